The number of rotatable bonds is 5. The highest BCUT2D eigenvalue weighted by atomic mass is 16.5. The van der Waals surface area contributed by atoms with Crippen molar-refractivity contribution in [1.82, 2.24) is 15.5 Å². The average Bonchev–Trinajstić information content (AvgIpc) is 2.69. The predicted octanol–water partition coefficient (Wildman–Crippen LogP) is 1.79. The molecule has 1 atom stereocenters. The summed E-state index contributed by atoms with van der Waals surface area (Å²) in [6.45, 7) is 7.13. The molecule has 142 valence electrons. The van der Waals surface area contributed by atoms with Crippen molar-refractivity contribution in [1.29, 1.82) is 0 Å². The maximum absolute atomic E-state index is 12.6. The Morgan fingerprint density at radius 1 is 1.23 bits per heavy atom. The minimum Gasteiger partial charge on any atom is -0.470 e. The minimum absolute atomic E-state index is 0.00223. The molecule has 2 saturated heterocycles. The Morgan fingerprint density at radius 3 is 2.38 bits per heavy atom. The van der Waals surface area contributed by atoms with E-state index in [1.807, 2.05) is 43.0 Å². The zero-order valence-electron chi connectivity index (χ0n) is 15.7. The Balaban J connectivity index is 1.63. The lowest BCUT2D eigenvalue weighted by Crippen LogP contribution is -2.69. The van der Waals surface area contributed by atoms with Crippen LogP contribution in [0, 0.1) is 5.41 Å². The number of anilines is 1. The van der Waals surface area contributed by atoms with Crippen LogP contribution in [0.15, 0.2) is 24.3 Å². The summed E-state index contributed by atoms with van der Waals surface area (Å²) >= 11 is 0. The maximum Gasteiger partial charge on any atom is 0.324 e. The summed E-state index contributed by atoms with van der Waals surface area (Å²) < 4.78 is 5.98. The molecule has 0 bridgehead atoms. The first-order valence-corrected chi connectivity index (χ1v) is 9.33. The van der Waals surface area contributed by atoms with Crippen LogP contribution in [0.25, 0.3) is 0 Å². The van der Waals surface area contributed by atoms with E-state index in [1.54, 1.807) is 11.9 Å². The first-order valence-electron chi connectivity index (χ1n) is 9.33. The van der Waals surface area contributed by atoms with Crippen molar-refractivity contribution in [2.24, 2.45) is 5.41 Å². The quantitative estimate of drug-likeness (QED) is 0.785. The first kappa shape index (κ1) is 18.5. The van der Waals surface area contributed by atoms with Crippen molar-refractivity contribution in [3.8, 4) is 5.75 Å². The summed E-state index contributed by atoms with van der Waals surface area (Å²) in [5.41, 5.74) is 0.379. The van der Waals surface area contributed by atoms with Gasteiger partial charge in [-0.1, -0.05) is 13.8 Å². The van der Waals surface area contributed by atoms with Crippen LogP contribution >= 0.6 is 0 Å². The van der Waals surface area contributed by atoms with Crippen molar-refractivity contribution in [2.45, 2.75) is 32.9 Å². The van der Waals surface area contributed by atoms with Gasteiger partial charge in [-0.05, 0) is 37.1 Å². The molecule has 0 aromatic heterocycles. The molecule has 26 heavy (non-hydrogen) atoms. The first-order chi connectivity index (χ1) is 12.5. The van der Waals surface area contributed by atoms with Gasteiger partial charge in [0.05, 0.1) is 0 Å². The molecular weight excluding hydrogens is 332 g/mol. The van der Waals surface area contributed by atoms with Crippen molar-refractivity contribution >= 4 is 17.6 Å². The molecule has 1 aromatic rings. The second kappa shape index (κ2) is 7.53. The van der Waals surface area contributed by atoms with Gasteiger partial charge in [-0.3, -0.25) is 9.69 Å². The summed E-state index contributed by atoms with van der Waals surface area (Å²) in [4.78, 5) is 28.0. The molecule has 7 nitrogen and oxygen atoms in total. The summed E-state index contributed by atoms with van der Waals surface area (Å²) in [6.07, 6.45) is 1.20. The lowest BCUT2D eigenvalue weighted by Gasteiger charge is -2.47. The van der Waals surface area contributed by atoms with E-state index in [9.17, 15) is 9.59 Å². The van der Waals surface area contributed by atoms with Crippen LogP contribution in [0.3, 0.4) is 0 Å². The van der Waals surface area contributed by atoms with Gasteiger partial charge in [0.15, 0.2) is 6.23 Å². The molecule has 0 aliphatic carbocycles. The summed E-state index contributed by atoms with van der Waals surface area (Å²) in [5.74, 6) is 0.749. The molecule has 3 amide bonds. The number of hydrogen-bond acceptors (Lipinski definition) is 4. The van der Waals surface area contributed by atoms with Crippen molar-refractivity contribution < 1.29 is 14.3 Å². The number of piperazine rings is 1. The van der Waals surface area contributed by atoms with E-state index < -0.39 is 5.41 Å². The fraction of sp³-hybridized carbons (Fsp3) is 0.579. The monoisotopic (exact) mass is 360 g/mol. The van der Waals surface area contributed by atoms with Gasteiger partial charge < -0.3 is 20.3 Å². The lowest BCUT2D eigenvalue weighted by molar-refractivity contribution is -0.161. The van der Waals surface area contributed by atoms with Gasteiger partial charge >= 0.3 is 6.03 Å². The normalized spacial score (nSPS) is 21.6. The van der Waals surface area contributed by atoms with Gasteiger partial charge in [0.1, 0.15) is 11.2 Å². The van der Waals surface area contributed by atoms with E-state index in [2.05, 4.69) is 10.6 Å². The fourth-order valence-electron chi connectivity index (χ4n) is 3.59. The van der Waals surface area contributed by atoms with E-state index in [-0.39, 0.29) is 18.2 Å². The van der Waals surface area contributed by atoms with Crippen LogP contribution in [0.5, 0.6) is 5.75 Å². The molecule has 2 N–H and O–H groups in total. The molecule has 7 heteroatoms. The highest BCUT2D eigenvalue weighted by Crippen LogP contribution is 2.39. The molecule has 0 saturated carbocycles. The SMILES string of the molecule is CCC1(CC)C(=O)N[C@H]1Oc1ccc(N(C)C(=O)N2CCNCC2)cc1. The third kappa shape index (κ3) is 3.23. The molecule has 3 rings (SSSR count). The number of urea groups is 1. The van der Waals surface area contributed by atoms with E-state index in [0.717, 1.165) is 44.7 Å². The predicted molar refractivity (Wildman–Crippen MR) is 100 cm³/mol. The van der Waals surface area contributed by atoms with Gasteiger partial charge in [0.2, 0.25) is 5.91 Å². The van der Waals surface area contributed by atoms with Crippen LogP contribution in [0.2, 0.25) is 0 Å². The number of carbonyl (C=O) groups excluding carboxylic acids is 2. The molecule has 2 heterocycles. The third-order valence-electron chi connectivity index (χ3n) is 5.63. The summed E-state index contributed by atoms with van der Waals surface area (Å²) in [7, 11) is 1.78. The van der Waals surface area contributed by atoms with E-state index in [0.29, 0.717) is 5.75 Å². The number of nitrogens with zero attached hydrogens (tertiary/aromatic N) is 2. The number of hydrogen-bond donors (Lipinski definition) is 2. The van der Waals surface area contributed by atoms with Crippen molar-refractivity contribution in [3.05, 3.63) is 24.3 Å². The summed E-state index contributed by atoms with van der Waals surface area (Å²) in [6, 6.07) is 7.43. The van der Waals surface area contributed by atoms with Crippen LogP contribution in [-0.2, 0) is 4.79 Å². The van der Waals surface area contributed by atoms with Crippen molar-refractivity contribution in [3.63, 3.8) is 0 Å². The molecule has 2 aliphatic rings. The number of ether oxygens (including phenoxy) is 1. The molecule has 0 unspecified atom stereocenters. The van der Waals surface area contributed by atoms with Crippen LogP contribution < -0.4 is 20.3 Å². The molecule has 0 radical (unpaired) electrons. The zero-order chi connectivity index (χ0) is 18.7. The van der Waals surface area contributed by atoms with Gasteiger partial charge in [0.25, 0.3) is 0 Å². The Labute approximate surface area is 154 Å². The minimum atomic E-state index is -0.437. The van der Waals surface area contributed by atoms with Gasteiger partial charge in [0, 0.05) is 38.9 Å². The van der Waals surface area contributed by atoms with Gasteiger partial charge in [-0.15, -0.1) is 0 Å². The number of β-lactam (4-membered cyclic amide) rings is 1. The highest BCUT2D eigenvalue weighted by Gasteiger charge is 2.54. The van der Waals surface area contributed by atoms with Crippen LogP contribution in [-0.4, -0.2) is 56.3 Å². The van der Waals surface area contributed by atoms with E-state index >= 15 is 0 Å². The molecular formula is C19H28N4O3. The third-order valence-corrected chi connectivity index (χ3v) is 5.63. The van der Waals surface area contributed by atoms with Crippen LogP contribution in [0.1, 0.15) is 26.7 Å². The van der Waals surface area contributed by atoms with Crippen molar-refractivity contribution in [2.75, 3.05) is 38.1 Å². The van der Waals surface area contributed by atoms with E-state index in [4.69, 9.17) is 4.74 Å². The second-order valence-corrected chi connectivity index (χ2v) is 6.91. The maximum atomic E-state index is 12.6. The number of carbonyl (C=O) groups is 2. The Kier molecular flexibility index (Phi) is 5.36. The number of nitrogens with one attached hydrogen (secondary N) is 2. The molecule has 2 fully saturated rings. The number of amides is 3. The largest absolute Gasteiger partial charge is 0.470 e. The lowest BCUT2D eigenvalue weighted by atomic mass is 9.73. The molecule has 0 spiro atoms. The second-order valence-electron chi connectivity index (χ2n) is 6.91. The molecule has 2 aliphatic heterocycles. The fourth-order valence-corrected chi connectivity index (χ4v) is 3.59. The average molecular weight is 360 g/mol. The number of benzene rings is 1. The Hall–Kier alpha value is -2.28. The topological polar surface area (TPSA) is 73.9 Å². The Morgan fingerprint density at radius 2 is 1.85 bits per heavy atom. The summed E-state index contributed by atoms with van der Waals surface area (Å²) in [5, 5.41) is 6.09. The zero-order valence-corrected chi connectivity index (χ0v) is 15.7. The Bertz CT molecular complexity index is 651. The van der Waals surface area contributed by atoms with Gasteiger partial charge in [-0.2, -0.15) is 0 Å². The van der Waals surface area contributed by atoms with Crippen LogP contribution in [0.4, 0.5) is 10.5 Å². The van der Waals surface area contributed by atoms with Gasteiger partial charge in [-0.25, -0.2) is 4.79 Å². The molecule has 1 aromatic carbocycles. The highest BCUT2D eigenvalue weighted by molar-refractivity contribution is 5.91. The van der Waals surface area contributed by atoms with E-state index in [1.165, 1.54) is 0 Å². The standard InChI is InChI=1S/C19H28N4O3/c1-4-19(5-2)16(24)21-17(19)26-15-8-6-14(7-9-15)22(3)18(25)23-12-10-20-11-13-23/h6-9,17,20H,4-5,10-13H2,1-3H3,(H,21,24)/t17-/m0/s1. The smallest absolute Gasteiger partial charge is 0.324 e.